The molecule has 1 atom stereocenters. The van der Waals surface area contributed by atoms with Gasteiger partial charge in [-0.2, -0.15) is 0 Å². The molecule has 0 saturated carbocycles. The molecular formula is C30H30N2O5S. The van der Waals surface area contributed by atoms with E-state index in [-0.39, 0.29) is 0 Å². The summed E-state index contributed by atoms with van der Waals surface area (Å²) in [6, 6.07) is 24.0. The third-order valence-electron chi connectivity index (χ3n) is 6.03. The number of aryl methyl sites for hydroxylation is 1. The van der Waals surface area contributed by atoms with E-state index in [4.69, 9.17) is 19.2 Å². The molecule has 0 unspecified atom stereocenters. The maximum absolute atomic E-state index is 12.5. The van der Waals surface area contributed by atoms with Gasteiger partial charge < -0.3 is 19.5 Å². The summed E-state index contributed by atoms with van der Waals surface area (Å²) in [5.74, 6) is -0.176. The number of para-hydroxylation sites is 1. The average Bonchev–Trinajstić information content (AvgIpc) is 3.33. The molecule has 38 heavy (non-hydrogen) atoms. The van der Waals surface area contributed by atoms with Gasteiger partial charge in [-0.1, -0.05) is 54.6 Å². The van der Waals surface area contributed by atoms with Gasteiger partial charge >= 0.3 is 11.9 Å². The molecule has 0 bridgehead atoms. The van der Waals surface area contributed by atoms with E-state index in [0.29, 0.717) is 30.7 Å². The van der Waals surface area contributed by atoms with Crippen LogP contribution in [0.15, 0.2) is 78.9 Å². The van der Waals surface area contributed by atoms with Crippen molar-refractivity contribution in [3.05, 3.63) is 101 Å². The van der Waals surface area contributed by atoms with Crippen LogP contribution < -0.4 is 10.1 Å². The number of carbonyl (C=O) groups is 2. The molecule has 7 nitrogen and oxygen atoms in total. The standard InChI is InChI=1S/C30H30N2O5S/c1-20-25(32-28(38-20)22-9-5-4-6-10-22)17-18-37-23-15-13-21(14-16-23)19-27(30(34)36-3)31-26-12-8-7-11-24(26)29(33)35-2/h4-16,27,31H,17-19H2,1-3H3/t27-/m0/s1. The summed E-state index contributed by atoms with van der Waals surface area (Å²) < 4.78 is 15.8. The van der Waals surface area contributed by atoms with Crippen molar-refractivity contribution in [1.29, 1.82) is 0 Å². The summed E-state index contributed by atoms with van der Waals surface area (Å²) in [4.78, 5) is 30.6. The summed E-state index contributed by atoms with van der Waals surface area (Å²) in [6.07, 6.45) is 1.08. The predicted molar refractivity (Wildman–Crippen MR) is 149 cm³/mol. The van der Waals surface area contributed by atoms with Crippen LogP contribution in [0.3, 0.4) is 0 Å². The minimum atomic E-state index is -0.691. The van der Waals surface area contributed by atoms with Gasteiger partial charge in [0.1, 0.15) is 16.8 Å². The molecule has 0 radical (unpaired) electrons. The number of ether oxygens (including phenoxy) is 3. The fraction of sp³-hybridized carbons (Fsp3) is 0.233. The summed E-state index contributed by atoms with van der Waals surface area (Å²) in [6.45, 7) is 2.60. The van der Waals surface area contributed by atoms with Crippen LogP contribution in [-0.2, 0) is 27.1 Å². The van der Waals surface area contributed by atoms with Crippen LogP contribution in [-0.4, -0.2) is 43.8 Å². The first-order valence-corrected chi connectivity index (χ1v) is 13.0. The second-order valence-electron chi connectivity index (χ2n) is 8.59. The normalized spacial score (nSPS) is 11.4. The molecule has 3 aromatic carbocycles. The number of carbonyl (C=O) groups excluding carboxylic acids is 2. The molecule has 1 aromatic heterocycles. The van der Waals surface area contributed by atoms with Gasteiger partial charge in [-0.25, -0.2) is 14.6 Å². The third-order valence-corrected chi connectivity index (χ3v) is 7.09. The van der Waals surface area contributed by atoms with Crippen molar-refractivity contribution in [1.82, 2.24) is 4.98 Å². The van der Waals surface area contributed by atoms with E-state index in [1.54, 1.807) is 35.6 Å². The Kier molecular flexibility index (Phi) is 9.11. The van der Waals surface area contributed by atoms with Crippen molar-refractivity contribution in [2.75, 3.05) is 26.1 Å². The number of anilines is 1. The quantitative estimate of drug-likeness (QED) is 0.248. The number of benzene rings is 3. The highest BCUT2D eigenvalue weighted by atomic mass is 32.1. The summed E-state index contributed by atoms with van der Waals surface area (Å²) in [7, 11) is 2.66. The maximum Gasteiger partial charge on any atom is 0.339 e. The molecule has 0 aliphatic rings. The lowest BCUT2D eigenvalue weighted by Crippen LogP contribution is -2.33. The van der Waals surface area contributed by atoms with Gasteiger partial charge in [0.25, 0.3) is 0 Å². The molecule has 0 saturated heterocycles. The number of hydrogen-bond acceptors (Lipinski definition) is 8. The fourth-order valence-electron chi connectivity index (χ4n) is 4.01. The van der Waals surface area contributed by atoms with E-state index < -0.39 is 18.0 Å². The van der Waals surface area contributed by atoms with Crippen LogP contribution >= 0.6 is 11.3 Å². The zero-order valence-electron chi connectivity index (χ0n) is 21.6. The minimum absolute atomic E-state index is 0.346. The van der Waals surface area contributed by atoms with Crippen LogP contribution in [0.25, 0.3) is 10.6 Å². The Bertz CT molecular complexity index is 1370. The number of rotatable bonds is 11. The van der Waals surface area contributed by atoms with Gasteiger partial charge in [-0.3, -0.25) is 0 Å². The fourth-order valence-corrected chi connectivity index (χ4v) is 4.97. The Hall–Kier alpha value is -4.17. The SMILES string of the molecule is COC(=O)c1ccccc1N[C@@H](Cc1ccc(OCCc2nc(-c3ccccc3)sc2C)cc1)C(=O)OC. The molecular weight excluding hydrogens is 500 g/mol. The average molecular weight is 531 g/mol. The highest BCUT2D eigenvalue weighted by molar-refractivity contribution is 7.15. The molecule has 8 heteroatoms. The molecule has 4 aromatic rings. The van der Waals surface area contributed by atoms with E-state index in [9.17, 15) is 9.59 Å². The lowest BCUT2D eigenvalue weighted by molar-refractivity contribution is -0.141. The van der Waals surface area contributed by atoms with Crippen molar-refractivity contribution >= 4 is 29.0 Å². The topological polar surface area (TPSA) is 86.8 Å². The molecule has 196 valence electrons. The highest BCUT2D eigenvalue weighted by Crippen LogP contribution is 2.28. The van der Waals surface area contributed by atoms with E-state index in [2.05, 4.69) is 24.4 Å². The molecule has 0 fully saturated rings. The lowest BCUT2D eigenvalue weighted by atomic mass is 10.0. The van der Waals surface area contributed by atoms with Gasteiger partial charge in [0.05, 0.1) is 32.1 Å². The van der Waals surface area contributed by atoms with Crippen LogP contribution in [0.1, 0.15) is 26.5 Å². The zero-order chi connectivity index (χ0) is 26.9. The largest absolute Gasteiger partial charge is 0.493 e. The van der Waals surface area contributed by atoms with Crippen molar-refractivity contribution < 1.29 is 23.8 Å². The molecule has 0 spiro atoms. The van der Waals surface area contributed by atoms with Gasteiger partial charge in [0.15, 0.2) is 0 Å². The van der Waals surface area contributed by atoms with Gasteiger partial charge in [-0.15, -0.1) is 11.3 Å². The van der Waals surface area contributed by atoms with Gasteiger partial charge in [0, 0.05) is 29.0 Å². The second kappa shape index (κ2) is 12.9. The monoisotopic (exact) mass is 530 g/mol. The first kappa shape index (κ1) is 26.9. The van der Waals surface area contributed by atoms with Crippen molar-refractivity contribution in [2.24, 2.45) is 0 Å². The molecule has 4 rings (SSSR count). The molecule has 0 aliphatic heterocycles. The smallest absolute Gasteiger partial charge is 0.339 e. The van der Waals surface area contributed by atoms with Crippen LogP contribution in [0, 0.1) is 6.92 Å². The van der Waals surface area contributed by atoms with Crippen LogP contribution in [0.4, 0.5) is 5.69 Å². The number of methoxy groups -OCH3 is 2. The summed E-state index contributed by atoms with van der Waals surface area (Å²) in [5, 5.41) is 4.15. The third kappa shape index (κ3) is 6.77. The Morgan fingerprint density at radius 3 is 2.34 bits per heavy atom. The molecule has 1 heterocycles. The summed E-state index contributed by atoms with van der Waals surface area (Å²) in [5.41, 5.74) is 3.93. The first-order valence-electron chi connectivity index (χ1n) is 12.2. The number of aromatic nitrogens is 1. The second-order valence-corrected chi connectivity index (χ2v) is 9.79. The van der Waals surface area contributed by atoms with Crippen LogP contribution in [0.2, 0.25) is 0 Å². The summed E-state index contributed by atoms with van der Waals surface area (Å²) >= 11 is 1.69. The highest BCUT2D eigenvalue weighted by Gasteiger charge is 2.22. The number of thiazole rings is 1. The van der Waals surface area contributed by atoms with E-state index in [1.807, 2.05) is 42.5 Å². The van der Waals surface area contributed by atoms with Crippen molar-refractivity contribution in [3.63, 3.8) is 0 Å². The number of esters is 2. The first-order chi connectivity index (χ1) is 18.5. The number of hydrogen-bond donors (Lipinski definition) is 1. The number of nitrogens with zero attached hydrogens (tertiary/aromatic N) is 1. The predicted octanol–water partition coefficient (Wildman–Crippen LogP) is 5.72. The van der Waals surface area contributed by atoms with Crippen molar-refractivity contribution in [3.8, 4) is 16.3 Å². The Morgan fingerprint density at radius 1 is 0.921 bits per heavy atom. The van der Waals surface area contributed by atoms with Gasteiger partial charge in [0.2, 0.25) is 0 Å². The minimum Gasteiger partial charge on any atom is -0.493 e. The van der Waals surface area contributed by atoms with Gasteiger partial charge in [-0.05, 0) is 36.8 Å². The molecule has 0 amide bonds. The van der Waals surface area contributed by atoms with E-state index >= 15 is 0 Å². The Morgan fingerprint density at radius 2 is 1.63 bits per heavy atom. The van der Waals surface area contributed by atoms with Crippen LogP contribution in [0.5, 0.6) is 5.75 Å². The zero-order valence-corrected chi connectivity index (χ0v) is 22.4. The van der Waals surface area contributed by atoms with E-state index in [1.165, 1.54) is 19.1 Å². The van der Waals surface area contributed by atoms with E-state index in [0.717, 1.165) is 27.6 Å². The Balaban J connectivity index is 1.36. The molecule has 0 aliphatic carbocycles. The van der Waals surface area contributed by atoms with Crippen molar-refractivity contribution in [2.45, 2.75) is 25.8 Å². The Labute approximate surface area is 226 Å². The number of nitrogens with one attached hydrogen (secondary N) is 1. The lowest BCUT2D eigenvalue weighted by Gasteiger charge is -2.19. The molecule has 1 N–H and O–H groups in total. The maximum atomic E-state index is 12.5.